The summed E-state index contributed by atoms with van der Waals surface area (Å²) in [6, 6.07) is 3.58. The first-order valence-corrected chi connectivity index (χ1v) is 5.27. The highest BCUT2D eigenvalue weighted by molar-refractivity contribution is 5.90. The second kappa shape index (κ2) is 4.50. The highest BCUT2D eigenvalue weighted by atomic mass is 16.4. The van der Waals surface area contributed by atoms with Gasteiger partial charge in [0.05, 0.1) is 0 Å². The molecule has 0 bridgehead atoms. The molecule has 0 aliphatic heterocycles. The summed E-state index contributed by atoms with van der Waals surface area (Å²) in [5.74, 6) is -1.79. The number of carboxylic acid groups (broad SMARTS) is 1. The topological polar surface area (TPSA) is 117 Å². The minimum absolute atomic E-state index is 0.0470. The summed E-state index contributed by atoms with van der Waals surface area (Å²) < 4.78 is 0. The maximum absolute atomic E-state index is 10.7. The zero-order valence-electron chi connectivity index (χ0n) is 9.37. The number of nitrogens with two attached hydrogens (primary N) is 1. The Kier molecular flexibility index (Phi) is 3.03. The lowest BCUT2D eigenvalue weighted by Crippen LogP contribution is -2.32. The highest BCUT2D eigenvalue weighted by Crippen LogP contribution is 2.34. The summed E-state index contributed by atoms with van der Waals surface area (Å²) in [5.41, 5.74) is 6.22. The van der Waals surface area contributed by atoms with Crippen molar-refractivity contribution in [1.82, 2.24) is 4.98 Å². The van der Waals surface area contributed by atoms with Crippen molar-refractivity contribution in [1.29, 1.82) is 0 Å². The maximum Gasteiger partial charge on any atom is 0.320 e. The van der Waals surface area contributed by atoms with Gasteiger partial charge in [-0.05, 0) is 24.1 Å². The average Bonchev–Trinajstić information content (AvgIpc) is 2.35. The number of carbonyl (C=O) groups is 1. The number of rotatable bonds is 3. The fraction of sp³-hybridized carbons (Fsp3) is 0.167. The van der Waals surface area contributed by atoms with Gasteiger partial charge in [-0.1, -0.05) is 6.07 Å². The van der Waals surface area contributed by atoms with E-state index in [0.29, 0.717) is 10.9 Å². The molecule has 6 heteroatoms. The number of aliphatic carboxylic acids is 1. The van der Waals surface area contributed by atoms with Gasteiger partial charge in [-0.3, -0.25) is 9.78 Å². The Hall–Kier alpha value is -2.34. The Morgan fingerprint density at radius 3 is 2.83 bits per heavy atom. The lowest BCUT2D eigenvalue weighted by Gasteiger charge is -2.11. The molecule has 0 aliphatic rings. The Labute approximate surface area is 102 Å². The molecule has 1 aromatic heterocycles. The smallest absolute Gasteiger partial charge is 0.320 e. The summed E-state index contributed by atoms with van der Waals surface area (Å²) >= 11 is 0. The fourth-order valence-corrected chi connectivity index (χ4v) is 1.78. The first-order valence-electron chi connectivity index (χ1n) is 5.27. The molecular weight excluding hydrogens is 236 g/mol. The maximum atomic E-state index is 10.7. The number of carboxylic acids is 1. The number of aromatic hydroxyl groups is 2. The molecule has 0 saturated heterocycles. The standard InChI is InChI=1S/C12H12N2O4/c13-8(12(17)18)4-6-5-9(15)11(16)10-7(6)2-1-3-14-10/h1-3,5,8,15-16H,4,13H2,(H,17,18)/t8-/m0/s1. The average molecular weight is 248 g/mol. The van der Waals surface area contributed by atoms with Crippen molar-refractivity contribution in [2.45, 2.75) is 12.5 Å². The van der Waals surface area contributed by atoms with Gasteiger partial charge >= 0.3 is 5.97 Å². The Balaban J connectivity index is 2.57. The van der Waals surface area contributed by atoms with E-state index in [-0.39, 0.29) is 23.4 Å². The van der Waals surface area contributed by atoms with Crippen molar-refractivity contribution in [2.75, 3.05) is 0 Å². The number of hydrogen-bond donors (Lipinski definition) is 4. The third-order valence-electron chi connectivity index (χ3n) is 2.69. The highest BCUT2D eigenvalue weighted by Gasteiger charge is 2.17. The van der Waals surface area contributed by atoms with Crippen molar-refractivity contribution < 1.29 is 20.1 Å². The Morgan fingerprint density at radius 2 is 2.17 bits per heavy atom. The van der Waals surface area contributed by atoms with Crippen LogP contribution in [-0.4, -0.2) is 32.3 Å². The molecule has 0 aliphatic carbocycles. The largest absolute Gasteiger partial charge is 0.504 e. The lowest BCUT2D eigenvalue weighted by atomic mass is 10.0. The van der Waals surface area contributed by atoms with Crippen LogP contribution in [0.2, 0.25) is 0 Å². The van der Waals surface area contributed by atoms with Gasteiger partial charge in [0.1, 0.15) is 11.6 Å². The van der Waals surface area contributed by atoms with E-state index in [1.807, 2.05) is 0 Å². The molecule has 0 amide bonds. The molecule has 18 heavy (non-hydrogen) atoms. The molecule has 0 spiro atoms. The van der Waals surface area contributed by atoms with Crippen LogP contribution in [0.1, 0.15) is 5.56 Å². The summed E-state index contributed by atoms with van der Waals surface area (Å²) in [6.45, 7) is 0. The second-order valence-corrected chi connectivity index (χ2v) is 3.95. The van der Waals surface area contributed by atoms with Gasteiger partial charge in [-0.15, -0.1) is 0 Å². The Bertz CT molecular complexity index is 612. The van der Waals surface area contributed by atoms with Crippen LogP contribution in [0.5, 0.6) is 11.5 Å². The summed E-state index contributed by atoms with van der Waals surface area (Å²) in [7, 11) is 0. The van der Waals surface area contributed by atoms with Crippen molar-refractivity contribution in [3.63, 3.8) is 0 Å². The molecule has 94 valence electrons. The first kappa shape index (κ1) is 12.1. The summed E-state index contributed by atoms with van der Waals surface area (Å²) in [5, 5.41) is 28.6. The summed E-state index contributed by atoms with van der Waals surface area (Å²) in [4.78, 5) is 14.7. The quantitative estimate of drug-likeness (QED) is 0.591. The summed E-state index contributed by atoms with van der Waals surface area (Å²) in [6.07, 6.45) is 1.52. The number of aromatic nitrogens is 1. The van der Waals surface area contributed by atoms with Crippen LogP contribution in [0, 0.1) is 0 Å². The molecule has 5 N–H and O–H groups in total. The van der Waals surface area contributed by atoms with Gasteiger partial charge in [0.25, 0.3) is 0 Å². The van der Waals surface area contributed by atoms with Crippen LogP contribution < -0.4 is 5.73 Å². The monoisotopic (exact) mass is 248 g/mol. The number of nitrogens with zero attached hydrogens (tertiary/aromatic N) is 1. The molecule has 1 atom stereocenters. The van der Waals surface area contributed by atoms with Gasteiger partial charge in [0.15, 0.2) is 11.5 Å². The van der Waals surface area contributed by atoms with Crippen LogP contribution >= 0.6 is 0 Å². The van der Waals surface area contributed by atoms with Crippen molar-refractivity contribution in [3.8, 4) is 11.5 Å². The third kappa shape index (κ3) is 2.05. The normalized spacial score (nSPS) is 12.5. The van der Waals surface area contributed by atoms with E-state index in [1.165, 1.54) is 12.3 Å². The lowest BCUT2D eigenvalue weighted by molar-refractivity contribution is -0.138. The van der Waals surface area contributed by atoms with E-state index in [1.54, 1.807) is 12.1 Å². The minimum Gasteiger partial charge on any atom is -0.504 e. The van der Waals surface area contributed by atoms with Gasteiger partial charge in [0, 0.05) is 11.6 Å². The van der Waals surface area contributed by atoms with E-state index in [9.17, 15) is 15.0 Å². The molecule has 1 aromatic carbocycles. The number of phenolic OH excluding ortho intramolecular Hbond substituents is 2. The van der Waals surface area contributed by atoms with Crippen LogP contribution in [0.4, 0.5) is 0 Å². The molecule has 0 unspecified atom stereocenters. The molecule has 1 heterocycles. The fourth-order valence-electron chi connectivity index (χ4n) is 1.78. The zero-order valence-corrected chi connectivity index (χ0v) is 9.37. The van der Waals surface area contributed by atoms with Gasteiger partial charge < -0.3 is 21.1 Å². The number of pyridine rings is 1. The Morgan fingerprint density at radius 1 is 1.44 bits per heavy atom. The molecule has 0 saturated carbocycles. The second-order valence-electron chi connectivity index (χ2n) is 3.95. The first-order chi connectivity index (χ1) is 8.50. The predicted molar refractivity (Wildman–Crippen MR) is 64.4 cm³/mol. The van der Waals surface area contributed by atoms with Crippen molar-refractivity contribution in [2.24, 2.45) is 5.73 Å². The number of phenols is 2. The van der Waals surface area contributed by atoms with E-state index in [4.69, 9.17) is 10.8 Å². The molecule has 2 aromatic rings. The molecule has 0 radical (unpaired) electrons. The molecule has 2 rings (SSSR count). The van der Waals surface area contributed by atoms with Crippen LogP contribution in [0.3, 0.4) is 0 Å². The number of hydrogen-bond acceptors (Lipinski definition) is 5. The van der Waals surface area contributed by atoms with Gasteiger partial charge in [-0.25, -0.2) is 0 Å². The van der Waals surface area contributed by atoms with E-state index in [0.717, 1.165) is 0 Å². The van der Waals surface area contributed by atoms with Crippen LogP contribution in [0.15, 0.2) is 24.4 Å². The van der Waals surface area contributed by atoms with Crippen molar-refractivity contribution in [3.05, 3.63) is 30.0 Å². The molecule has 0 fully saturated rings. The van der Waals surface area contributed by atoms with Crippen LogP contribution in [-0.2, 0) is 11.2 Å². The number of fused-ring (bicyclic) bond motifs is 1. The van der Waals surface area contributed by atoms with Crippen molar-refractivity contribution >= 4 is 16.9 Å². The van der Waals surface area contributed by atoms with Gasteiger partial charge in [-0.2, -0.15) is 0 Å². The van der Waals surface area contributed by atoms with Crippen LogP contribution in [0.25, 0.3) is 10.9 Å². The van der Waals surface area contributed by atoms with E-state index in [2.05, 4.69) is 4.98 Å². The van der Waals surface area contributed by atoms with E-state index < -0.39 is 12.0 Å². The molecule has 6 nitrogen and oxygen atoms in total. The van der Waals surface area contributed by atoms with Gasteiger partial charge in [0.2, 0.25) is 0 Å². The minimum atomic E-state index is -1.13. The third-order valence-corrected chi connectivity index (χ3v) is 2.69. The predicted octanol–water partition coefficient (Wildman–Crippen LogP) is 0.600. The SMILES string of the molecule is N[C@@H](Cc1cc(O)c(O)c2ncccc12)C(=O)O. The van der Waals surface area contributed by atoms with E-state index >= 15 is 0 Å². The zero-order chi connectivity index (χ0) is 13.3. The number of benzene rings is 1. The molecular formula is C12H12N2O4.